The molecule has 0 saturated heterocycles. The highest BCUT2D eigenvalue weighted by Gasteiger charge is 2.13. The van der Waals surface area contributed by atoms with E-state index in [2.05, 4.69) is 22.4 Å². The van der Waals surface area contributed by atoms with Crippen molar-refractivity contribution in [3.8, 4) is 16.2 Å². The minimum atomic E-state index is -0.133. The van der Waals surface area contributed by atoms with Gasteiger partial charge in [-0.25, -0.2) is 4.98 Å². The van der Waals surface area contributed by atoms with Crippen LogP contribution in [0.1, 0.15) is 22.5 Å². The molecule has 142 valence electrons. The fourth-order valence-electron chi connectivity index (χ4n) is 3.04. The highest BCUT2D eigenvalue weighted by molar-refractivity contribution is 7.20. The van der Waals surface area contributed by atoms with Crippen LogP contribution in [0.15, 0.2) is 67.0 Å². The second-order valence-corrected chi connectivity index (χ2v) is 7.50. The molecule has 0 aliphatic heterocycles. The van der Waals surface area contributed by atoms with E-state index in [1.165, 1.54) is 5.56 Å². The minimum Gasteiger partial charge on any atom is -0.497 e. The largest absolute Gasteiger partial charge is 0.497 e. The van der Waals surface area contributed by atoms with Gasteiger partial charge < -0.3 is 10.1 Å². The molecule has 0 atom stereocenters. The van der Waals surface area contributed by atoms with Crippen molar-refractivity contribution in [2.45, 2.75) is 12.8 Å². The summed E-state index contributed by atoms with van der Waals surface area (Å²) in [5.74, 6) is 0.686. The number of aryl methyl sites for hydroxylation is 1. The van der Waals surface area contributed by atoms with Gasteiger partial charge in [-0.1, -0.05) is 53.8 Å². The van der Waals surface area contributed by atoms with Crippen molar-refractivity contribution in [3.63, 3.8) is 0 Å². The molecule has 0 bridgehead atoms. The topological polar surface area (TPSA) is 55.6 Å². The molecule has 28 heavy (non-hydrogen) atoms. The number of fused-ring (bicyclic) bond motifs is 1. The molecule has 0 fully saturated rings. The number of benzene rings is 2. The average Bonchev–Trinajstić information content (AvgIpc) is 3.31. The fraction of sp³-hybridized carbons (Fsp3) is 0.182. The number of rotatable bonds is 7. The third kappa shape index (κ3) is 4.07. The van der Waals surface area contributed by atoms with Crippen molar-refractivity contribution in [2.24, 2.45) is 0 Å². The van der Waals surface area contributed by atoms with Crippen LogP contribution in [-0.2, 0) is 6.42 Å². The Labute approximate surface area is 167 Å². The number of amides is 1. The number of thiazole rings is 1. The van der Waals surface area contributed by atoms with Crippen LogP contribution < -0.4 is 10.1 Å². The molecular formula is C22H21N3O2S. The Kier molecular flexibility index (Phi) is 5.39. The van der Waals surface area contributed by atoms with Gasteiger partial charge in [0, 0.05) is 18.9 Å². The Morgan fingerprint density at radius 3 is 2.79 bits per heavy atom. The fourth-order valence-corrected chi connectivity index (χ4v) is 4.01. The zero-order valence-corrected chi connectivity index (χ0v) is 16.4. The second kappa shape index (κ2) is 8.27. The predicted octanol–water partition coefficient (Wildman–Crippen LogP) is 4.43. The molecule has 1 N–H and O–H groups in total. The van der Waals surface area contributed by atoms with Crippen LogP contribution in [0.4, 0.5) is 0 Å². The zero-order chi connectivity index (χ0) is 19.3. The Morgan fingerprint density at radius 1 is 1.14 bits per heavy atom. The molecule has 0 saturated carbocycles. The van der Waals surface area contributed by atoms with E-state index in [9.17, 15) is 4.79 Å². The highest BCUT2D eigenvalue weighted by atomic mass is 32.1. The van der Waals surface area contributed by atoms with Gasteiger partial charge in [0.05, 0.1) is 12.0 Å². The molecule has 4 rings (SSSR count). The van der Waals surface area contributed by atoms with Crippen molar-refractivity contribution in [2.75, 3.05) is 13.7 Å². The second-order valence-electron chi connectivity index (χ2n) is 6.49. The molecular weight excluding hydrogens is 370 g/mol. The summed E-state index contributed by atoms with van der Waals surface area (Å²) in [6.07, 6.45) is 5.62. The number of methoxy groups -OCH3 is 1. The lowest BCUT2D eigenvalue weighted by molar-refractivity contribution is 0.0949. The average molecular weight is 391 g/mol. The molecule has 0 aliphatic rings. The lowest BCUT2D eigenvalue weighted by Crippen LogP contribution is -2.25. The van der Waals surface area contributed by atoms with Crippen LogP contribution in [-0.4, -0.2) is 28.9 Å². The van der Waals surface area contributed by atoms with Crippen molar-refractivity contribution < 1.29 is 9.53 Å². The molecule has 2 aromatic carbocycles. The maximum absolute atomic E-state index is 12.4. The van der Waals surface area contributed by atoms with Gasteiger partial charge in [-0.2, -0.15) is 0 Å². The molecule has 0 unspecified atom stereocenters. The van der Waals surface area contributed by atoms with Gasteiger partial charge in [0.15, 0.2) is 4.96 Å². The third-order valence-electron chi connectivity index (χ3n) is 4.51. The number of aromatic nitrogens is 2. The molecule has 2 heterocycles. The summed E-state index contributed by atoms with van der Waals surface area (Å²) < 4.78 is 7.19. The van der Waals surface area contributed by atoms with E-state index in [0.29, 0.717) is 12.2 Å². The molecule has 5 nitrogen and oxygen atoms in total. The SMILES string of the molecule is COc1cccc(-c2cn3cc(C(=O)NCCCc4ccccc4)nc3s2)c1. The number of imidazole rings is 1. The van der Waals surface area contributed by atoms with Gasteiger partial charge in [0.2, 0.25) is 0 Å². The number of hydrogen-bond donors (Lipinski definition) is 1. The van der Waals surface area contributed by atoms with Crippen LogP contribution in [0.25, 0.3) is 15.4 Å². The van der Waals surface area contributed by atoms with Crippen LogP contribution in [0.3, 0.4) is 0 Å². The van der Waals surface area contributed by atoms with E-state index in [-0.39, 0.29) is 5.91 Å². The van der Waals surface area contributed by atoms with Gasteiger partial charge in [0.1, 0.15) is 11.4 Å². The van der Waals surface area contributed by atoms with E-state index in [1.54, 1.807) is 24.6 Å². The number of ether oxygens (including phenoxy) is 1. The lowest BCUT2D eigenvalue weighted by Gasteiger charge is -2.03. The van der Waals surface area contributed by atoms with Crippen molar-refractivity contribution in [1.82, 2.24) is 14.7 Å². The normalized spacial score (nSPS) is 10.9. The molecule has 4 aromatic rings. The number of carbonyl (C=O) groups excluding carboxylic acids is 1. The Hall–Kier alpha value is -3.12. The predicted molar refractivity (Wildman–Crippen MR) is 112 cm³/mol. The minimum absolute atomic E-state index is 0.133. The van der Waals surface area contributed by atoms with Gasteiger partial charge >= 0.3 is 0 Å². The first kappa shape index (κ1) is 18.3. The summed E-state index contributed by atoms with van der Waals surface area (Å²) >= 11 is 1.55. The maximum Gasteiger partial charge on any atom is 0.271 e. The van der Waals surface area contributed by atoms with E-state index >= 15 is 0 Å². The number of hydrogen-bond acceptors (Lipinski definition) is 4. The van der Waals surface area contributed by atoms with E-state index in [4.69, 9.17) is 4.74 Å². The van der Waals surface area contributed by atoms with E-state index < -0.39 is 0 Å². The first-order chi connectivity index (χ1) is 13.7. The van der Waals surface area contributed by atoms with Gasteiger partial charge in [-0.3, -0.25) is 9.20 Å². The standard InChI is InChI=1S/C22H21N3O2S/c1-27-18-11-5-10-17(13-18)20-15-25-14-19(24-22(25)28-20)21(26)23-12-6-9-16-7-3-2-4-8-16/h2-5,7-8,10-11,13-15H,6,9,12H2,1H3,(H,23,26). The first-order valence-electron chi connectivity index (χ1n) is 9.18. The van der Waals surface area contributed by atoms with Crippen molar-refractivity contribution >= 4 is 22.2 Å². The van der Waals surface area contributed by atoms with Crippen LogP contribution in [0, 0.1) is 0 Å². The summed E-state index contributed by atoms with van der Waals surface area (Å²) in [5.41, 5.74) is 2.80. The number of nitrogens with one attached hydrogen (secondary N) is 1. The maximum atomic E-state index is 12.4. The van der Waals surface area contributed by atoms with Crippen LogP contribution >= 0.6 is 11.3 Å². The highest BCUT2D eigenvalue weighted by Crippen LogP contribution is 2.30. The van der Waals surface area contributed by atoms with Crippen LogP contribution in [0.2, 0.25) is 0 Å². The number of nitrogens with zero attached hydrogens (tertiary/aromatic N) is 2. The Morgan fingerprint density at radius 2 is 2.00 bits per heavy atom. The molecule has 1 amide bonds. The summed E-state index contributed by atoms with van der Waals surface area (Å²) in [7, 11) is 1.66. The Balaban J connectivity index is 1.38. The quantitative estimate of drug-likeness (QED) is 0.474. The van der Waals surface area contributed by atoms with Crippen molar-refractivity contribution in [1.29, 1.82) is 0 Å². The zero-order valence-electron chi connectivity index (χ0n) is 15.6. The molecule has 0 spiro atoms. The van der Waals surface area contributed by atoms with Gasteiger partial charge in [-0.05, 0) is 36.1 Å². The van der Waals surface area contributed by atoms with E-state index in [0.717, 1.165) is 34.0 Å². The number of carbonyl (C=O) groups is 1. The van der Waals surface area contributed by atoms with Crippen molar-refractivity contribution in [3.05, 3.63) is 78.2 Å². The molecule has 2 aromatic heterocycles. The molecule has 0 radical (unpaired) electrons. The summed E-state index contributed by atoms with van der Waals surface area (Å²) in [6, 6.07) is 18.2. The van der Waals surface area contributed by atoms with Gasteiger partial charge in [-0.15, -0.1) is 0 Å². The third-order valence-corrected chi connectivity index (χ3v) is 5.56. The van der Waals surface area contributed by atoms with E-state index in [1.807, 2.05) is 53.1 Å². The Bertz CT molecular complexity index is 1050. The van der Waals surface area contributed by atoms with Crippen LogP contribution in [0.5, 0.6) is 5.75 Å². The smallest absolute Gasteiger partial charge is 0.271 e. The van der Waals surface area contributed by atoms with Gasteiger partial charge in [0.25, 0.3) is 5.91 Å². The summed E-state index contributed by atoms with van der Waals surface area (Å²) in [6.45, 7) is 0.633. The first-order valence-corrected chi connectivity index (χ1v) is 9.99. The monoisotopic (exact) mass is 391 g/mol. The summed E-state index contributed by atoms with van der Waals surface area (Å²) in [5, 5.41) is 2.95. The molecule has 0 aliphatic carbocycles. The molecule has 6 heteroatoms. The lowest BCUT2D eigenvalue weighted by atomic mass is 10.1. The summed E-state index contributed by atoms with van der Waals surface area (Å²) in [4.78, 5) is 18.7.